The average Bonchev–Trinajstić information content (AvgIpc) is 2.51. The van der Waals surface area contributed by atoms with Crippen molar-refractivity contribution in [3.05, 3.63) is 24.0 Å². The first-order valence-corrected chi connectivity index (χ1v) is 5.30. The Kier molecular flexibility index (Phi) is 2.89. The Morgan fingerprint density at radius 3 is 3.07 bits per heavy atom. The van der Waals surface area contributed by atoms with Gasteiger partial charge in [-0.3, -0.25) is 4.90 Å². The van der Waals surface area contributed by atoms with Gasteiger partial charge in [0.05, 0.1) is 0 Å². The van der Waals surface area contributed by atoms with E-state index in [-0.39, 0.29) is 0 Å². The van der Waals surface area contributed by atoms with Crippen LogP contribution >= 0.6 is 0 Å². The van der Waals surface area contributed by atoms with Crippen LogP contribution in [0.3, 0.4) is 0 Å². The highest BCUT2D eigenvalue weighted by Gasteiger charge is 2.15. The van der Waals surface area contributed by atoms with Gasteiger partial charge in [0, 0.05) is 51.7 Å². The van der Waals surface area contributed by atoms with Crippen molar-refractivity contribution in [2.24, 2.45) is 7.05 Å². The predicted molar refractivity (Wildman–Crippen MR) is 58.2 cm³/mol. The summed E-state index contributed by atoms with van der Waals surface area (Å²) in [5.41, 5.74) is 1.42. The lowest BCUT2D eigenvalue weighted by atomic mass is 10.2. The molecule has 0 aliphatic carbocycles. The average molecular weight is 193 g/mol. The van der Waals surface area contributed by atoms with E-state index in [0.717, 1.165) is 19.6 Å². The van der Waals surface area contributed by atoms with Crippen molar-refractivity contribution >= 4 is 0 Å². The van der Waals surface area contributed by atoms with Crippen molar-refractivity contribution in [2.75, 3.05) is 19.6 Å². The van der Waals surface area contributed by atoms with Crippen molar-refractivity contribution < 1.29 is 0 Å². The van der Waals surface area contributed by atoms with Crippen LogP contribution in [0, 0.1) is 0 Å². The summed E-state index contributed by atoms with van der Waals surface area (Å²) in [4.78, 5) is 2.51. The molecule has 14 heavy (non-hydrogen) atoms. The number of piperazine rings is 1. The molecule has 1 fully saturated rings. The maximum atomic E-state index is 3.46. The first kappa shape index (κ1) is 9.74. The molecule has 0 unspecified atom stereocenters. The zero-order valence-corrected chi connectivity index (χ0v) is 9.03. The van der Waals surface area contributed by atoms with Gasteiger partial charge in [0.1, 0.15) is 0 Å². The number of rotatable bonds is 2. The van der Waals surface area contributed by atoms with Crippen LogP contribution in [0.1, 0.15) is 12.5 Å². The molecule has 0 spiro atoms. The van der Waals surface area contributed by atoms with Gasteiger partial charge >= 0.3 is 0 Å². The molecule has 1 atom stereocenters. The molecule has 0 radical (unpaired) electrons. The minimum atomic E-state index is 0.632. The van der Waals surface area contributed by atoms with Crippen molar-refractivity contribution in [3.8, 4) is 0 Å². The third-order valence-corrected chi connectivity index (χ3v) is 2.75. The van der Waals surface area contributed by atoms with Crippen LogP contribution in [-0.4, -0.2) is 35.1 Å². The molecule has 2 heterocycles. The number of aryl methyl sites for hydroxylation is 1. The predicted octanol–water partition coefficient (Wildman–Crippen LogP) is 0.819. The van der Waals surface area contributed by atoms with Gasteiger partial charge in [0.25, 0.3) is 0 Å². The summed E-state index contributed by atoms with van der Waals surface area (Å²) < 4.78 is 2.11. The fraction of sp³-hybridized carbons (Fsp3) is 0.636. The molecule has 1 aliphatic heterocycles. The van der Waals surface area contributed by atoms with Crippen LogP contribution in [0.4, 0.5) is 0 Å². The maximum absolute atomic E-state index is 3.46. The summed E-state index contributed by atoms with van der Waals surface area (Å²) in [7, 11) is 2.07. The molecule has 0 saturated carbocycles. The number of aromatic nitrogens is 1. The molecular weight excluding hydrogens is 174 g/mol. The van der Waals surface area contributed by atoms with E-state index in [1.807, 2.05) is 0 Å². The third-order valence-electron chi connectivity index (χ3n) is 2.75. The minimum Gasteiger partial charge on any atom is -0.357 e. The second kappa shape index (κ2) is 4.15. The van der Waals surface area contributed by atoms with Crippen LogP contribution in [0.15, 0.2) is 18.5 Å². The Bertz CT molecular complexity index is 292. The Hall–Kier alpha value is -0.800. The first-order chi connectivity index (χ1) is 6.74. The molecule has 0 amide bonds. The van der Waals surface area contributed by atoms with Crippen LogP contribution < -0.4 is 5.32 Å². The topological polar surface area (TPSA) is 20.2 Å². The second-order valence-corrected chi connectivity index (χ2v) is 4.28. The highest BCUT2D eigenvalue weighted by Crippen LogP contribution is 2.07. The van der Waals surface area contributed by atoms with Crippen molar-refractivity contribution in [1.29, 1.82) is 0 Å². The van der Waals surface area contributed by atoms with E-state index in [9.17, 15) is 0 Å². The van der Waals surface area contributed by atoms with Gasteiger partial charge in [-0.05, 0) is 18.6 Å². The Morgan fingerprint density at radius 1 is 1.57 bits per heavy atom. The van der Waals surface area contributed by atoms with Gasteiger partial charge in [-0.15, -0.1) is 0 Å². The normalized spacial score (nSPS) is 24.0. The quantitative estimate of drug-likeness (QED) is 0.750. The van der Waals surface area contributed by atoms with E-state index in [0.29, 0.717) is 6.04 Å². The summed E-state index contributed by atoms with van der Waals surface area (Å²) in [6.07, 6.45) is 4.31. The number of hydrogen-bond donors (Lipinski definition) is 1. The lowest BCUT2D eigenvalue weighted by Crippen LogP contribution is -2.48. The van der Waals surface area contributed by atoms with E-state index < -0.39 is 0 Å². The Morgan fingerprint density at radius 2 is 2.43 bits per heavy atom. The van der Waals surface area contributed by atoms with Crippen LogP contribution in [0.2, 0.25) is 0 Å². The van der Waals surface area contributed by atoms with E-state index >= 15 is 0 Å². The van der Waals surface area contributed by atoms with Crippen LogP contribution in [-0.2, 0) is 13.6 Å². The maximum Gasteiger partial charge on any atom is 0.0249 e. The van der Waals surface area contributed by atoms with Gasteiger partial charge < -0.3 is 9.88 Å². The van der Waals surface area contributed by atoms with Crippen LogP contribution in [0.25, 0.3) is 0 Å². The number of nitrogens with zero attached hydrogens (tertiary/aromatic N) is 2. The number of hydrogen-bond acceptors (Lipinski definition) is 2. The lowest BCUT2D eigenvalue weighted by Gasteiger charge is -2.31. The molecule has 3 nitrogen and oxygen atoms in total. The lowest BCUT2D eigenvalue weighted by molar-refractivity contribution is 0.199. The molecule has 1 saturated heterocycles. The monoisotopic (exact) mass is 193 g/mol. The molecule has 2 rings (SSSR count). The highest BCUT2D eigenvalue weighted by molar-refractivity contribution is 5.09. The smallest absolute Gasteiger partial charge is 0.0249 e. The first-order valence-electron chi connectivity index (χ1n) is 5.30. The van der Waals surface area contributed by atoms with E-state index in [4.69, 9.17) is 0 Å². The van der Waals surface area contributed by atoms with E-state index in [1.165, 1.54) is 12.1 Å². The van der Waals surface area contributed by atoms with Crippen LogP contribution in [0.5, 0.6) is 0 Å². The molecule has 3 heteroatoms. The molecule has 1 aromatic rings. The van der Waals surface area contributed by atoms with Gasteiger partial charge in [-0.2, -0.15) is 0 Å². The molecule has 1 aromatic heterocycles. The van der Waals surface area contributed by atoms with Crippen molar-refractivity contribution in [3.63, 3.8) is 0 Å². The molecule has 78 valence electrons. The highest BCUT2D eigenvalue weighted by atomic mass is 15.2. The fourth-order valence-corrected chi connectivity index (χ4v) is 2.07. The minimum absolute atomic E-state index is 0.632. The molecule has 0 aromatic carbocycles. The SMILES string of the molecule is C[C@@H]1CN(Cc2ccn(C)c2)CCN1. The van der Waals surface area contributed by atoms with Gasteiger partial charge in [-0.1, -0.05) is 0 Å². The summed E-state index contributed by atoms with van der Waals surface area (Å²) in [6, 6.07) is 2.83. The van der Waals surface area contributed by atoms with E-state index in [2.05, 4.69) is 47.2 Å². The number of nitrogens with one attached hydrogen (secondary N) is 1. The fourth-order valence-electron chi connectivity index (χ4n) is 2.07. The van der Waals surface area contributed by atoms with Gasteiger partial charge in [-0.25, -0.2) is 0 Å². The van der Waals surface area contributed by atoms with Gasteiger partial charge in [0.15, 0.2) is 0 Å². The molecular formula is C11H19N3. The zero-order valence-electron chi connectivity index (χ0n) is 9.03. The van der Waals surface area contributed by atoms with Gasteiger partial charge in [0.2, 0.25) is 0 Å². The zero-order chi connectivity index (χ0) is 9.97. The molecule has 0 bridgehead atoms. The molecule has 1 N–H and O–H groups in total. The summed E-state index contributed by atoms with van der Waals surface area (Å²) in [6.45, 7) is 6.78. The summed E-state index contributed by atoms with van der Waals surface area (Å²) in [5, 5.41) is 3.46. The largest absolute Gasteiger partial charge is 0.357 e. The summed E-state index contributed by atoms with van der Waals surface area (Å²) >= 11 is 0. The molecule has 1 aliphatic rings. The van der Waals surface area contributed by atoms with E-state index in [1.54, 1.807) is 0 Å². The Balaban J connectivity index is 1.90. The summed E-state index contributed by atoms with van der Waals surface area (Å²) in [5.74, 6) is 0. The third kappa shape index (κ3) is 2.36. The standard InChI is InChI=1S/C11H19N3/c1-10-7-14(6-4-12-10)9-11-3-5-13(2)8-11/h3,5,8,10,12H,4,6-7,9H2,1-2H3/t10-/m1/s1. The van der Waals surface area contributed by atoms with Crippen molar-refractivity contribution in [1.82, 2.24) is 14.8 Å². The van der Waals surface area contributed by atoms with Crippen molar-refractivity contribution in [2.45, 2.75) is 19.5 Å². The Labute approximate surface area is 85.7 Å². The second-order valence-electron chi connectivity index (χ2n) is 4.28.